The number of hydrogen-bond acceptors (Lipinski definition) is 2. The second kappa shape index (κ2) is 4.55. The van der Waals surface area contributed by atoms with Crippen molar-refractivity contribution in [1.29, 1.82) is 0 Å². The fraction of sp³-hybridized carbons (Fsp3) is 0.444. The van der Waals surface area contributed by atoms with E-state index in [0.29, 0.717) is 18.3 Å². The molecule has 0 spiro atoms. The molecule has 2 bridgehead atoms. The van der Waals surface area contributed by atoms with Crippen molar-refractivity contribution in [2.45, 2.75) is 32.1 Å². The number of carboxylic acids is 1. The zero-order valence-electron chi connectivity index (χ0n) is 12.0. The van der Waals surface area contributed by atoms with Crippen LogP contribution in [0.3, 0.4) is 0 Å². The van der Waals surface area contributed by atoms with Gasteiger partial charge in [0.05, 0.1) is 10.9 Å². The zero-order chi connectivity index (χ0) is 14.4. The summed E-state index contributed by atoms with van der Waals surface area (Å²) in [6.45, 7) is 0. The van der Waals surface area contributed by atoms with Gasteiger partial charge in [-0.1, -0.05) is 18.6 Å². The van der Waals surface area contributed by atoms with Gasteiger partial charge in [-0.3, -0.25) is 9.78 Å². The van der Waals surface area contributed by atoms with Gasteiger partial charge in [-0.25, -0.2) is 0 Å². The number of carboxylic acid groups (broad SMARTS) is 1. The van der Waals surface area contributed by atoms with Crippen molar-refractivity contribution < 1.29 is 9.90 Å². The van der Waals surface area contributed by atoms with Gasteiger partial charge in [0.15, 0.2) is 0 Å². The van der Waals surface area contributed by atoms with Gasteiger partial charge < -0.3 is 5.11 Å². The summed E-state index contributed by atoms with van der Waals surface area (Å²) in [6, 6.07) is 10.1. The number of rotatable bonds is 3. The average Bonchev–Trinajstić information content (AvgIpc) is 3.08. The fourth-order valence-corrected chi connectivity index (χ4v) is 4.60. The molecule has 1 N–H and O–H groups in total. The van der Waals surface area contributed by atoms with Crippen LogP contribution in [0.2, 0.25) is 0 Å². The minimum absolute atomic E-state index is 0.365. The summed E-state index contributed by atoms with van der Waals surface area (Å²) in [4.78, 5) is 16.3. The third-order valence-corrected chi connectivity index (χ3v) is 5.59. The topological polar surface area (TPSA) is 50.2 Å². The molecule has 2 aliphatic carbocycles. The highest BCUT2D eigenvalue weighted by Gasteiger charge is 2.55. The van der Waals surface area contributed by atoms with Crippen LogP contribution in [0.25, 0.3) is 10.9 Å². The maximum absolute atomic E-state index is 12.0. The Morgan fingerprint density at radius 2 is 2.24 bits per heavy atom. The predicted octanol–water partition coefficient (Wildman–Crippen LogP) is 3.67. The maximum Gasteiger partial charge on any atom is 0.310 e. The van der Waals surface area contributed by atoms with E-state index in [1.165, 1.54) is 6.42 Å². The summed E-state index contributed by atoms with van der Waals surface area (Å²) in [5.41, 5.74) is 1.57. The average molecular weight is 281 g/mol. The highest BCUT2D eigenvalue weighted by Crippen LogP contribution is 2.57. The van der Waals surface area contributed by atoms with Gasteiger partial charge >= 0.3 is 5.97 Å². The molecule has 2 fully saturated rings. The second-order valence-electron chi connectivity index (χ2n) is 6.75. The number of hydrogen-bond donors (Lipinski definition) is 1. The molecule has 3 heteroatoms. The molecular formula is C18H19NO2. The summed E-state index contributed by atoms with van der Waals surface area (Å²) in [7, 11) is 0. The van der Waals surface area contributed by atoms with Gasteiger partial charge in [0.25, 0.3) is 0 Å². The molecule has 3 unspecified atom stereocenters. The molecule has 1 aromatic heterocycles. The standard InChI is InChI=1S/C18H19NO2/c20-17(21)18(11-13-3-5-15(18)9-13)10-12-4-6-16-14(8-12)2-1-7-19-16/h1-2,4,6-8,13,15H,3,5,9-11H2,(H,20,21). The van der Waals surface area contributed by atoms with Crippen LogP contribution in [0, 0.1) is 17.3 Å². The van der Waals surface area contributed by atoms with Crippen LogP contribution in [0.15, 0.2) is 36.5 Å². The van der Waals surface area contributed by atoms with Gasteiger partial charge in [-0.05, 0) is 61.3 Å². The van der Waals surface area contributed by atoms with Crippen molar-refractivity contribution in [3.63, 3.8) is 0 Å². The van der Waals surface area contributed by atoms with Crippen molar-refractivity contribution >= 4 is 16.9 Å². The SMILES string of the molecule is O=C(O)C1(Cc2ccc3ncccc3c2)CC2CCC1C2. The van der Waals surface area contributed by atoms with Crippen LogP contribution in [0.5, 0.6) is 0 Å². The van der Waals surface area contributed by atoms with Crippen LogP contribution >= 0.6 is 0 Å². The van der Waals surface area contributed by atoms with Crippen LogP contribution in [0.4, 0.5) is 0 Å². The lowest BCUT2D eigenvalue weighted by atomic mass is 9.69. The van der Waals surface area contributed by atoms with Gasteiger partial charge in [0.2, 0.25) is 0 Å². The van der Waals surface area contributed by atoms with E-state index in [9.17, 15) is 9.90 Å². The Bertz CT molecular complexity index is 711. The van der Waals surface area contributed by atoms with Gasteiger partial charge in [-0.15, -0.1) is 0 Å². The summed E-state index contributed by atoms with van der Waals surface area (Å²) in [5.74, 6) is 0.402. The summed E-state index contributed by atoms with van der Waals surface area (Å²) < 4.78 is 0. The van der Waals surface area contributed by atoms with E-state index in [1.807, 2.05) is 24.3 Å². The molecule has 1 heterocycles. The number of aromatic nitrogens is 1. The first-order chi connectivity index (χ1) is 10.2. The van der Waals surface area contributed by atoms with E-state index in [-0.39, 0.29) is 0 Å². The van der Waals surface area contributed by atoms with Crippen molar-refractivity contribution in [2.75, 3.05) is 0 Å². The Hall–Kier alpha value is -1.90. The zero-order valence-corrected chi connectivity index (χ0v) is 12.0. The van der Waals surface area contributed by atoms with E-state index in [1.54, 1.807) is 6.20 Å². The van der Waals surface area contributed by atoms with Crippen molar-refractivity contribution in [1.82, 2.24) is 4.98 Å². The van der Waals surface area contributed by atoms with Crippen LogP contribution in [-0.2, 0) is 11.2 Å². The first-order valence-corrected chi connectivity index (χ1v) is 7.74. The summed E-state index contributed by atoms with van der Waals surface area (Å²) in [6.07, 6.45) is 6.73. The van der Waals surface area contributed by atoms with Crippen molar-refractivity contribution in [3.8, 4) is 0 Å². The predicted molar refractivity (Wildman–Crippen MR) is 81.0 cm³/mol. The second-order valence-corrected chi connectivity index (χ2v) is 6.75. The first-order valence-electron chi connectivity index (χ1n) is 7.74. The first kappa shape index (κ1) is 12.8. The minimum atomic E-state index is -0.596. The van der Waals surface area contributed by atoms with Gasteiger partial charge in [0, 0.05) is 11.6 Å². The number of aliphatic carboxylic acids is 1. The molecule has 108 valence electrons. The fourth-order valence-electron chi connectivity index (χ4n) is 4.60. The monoisotopic (exact) mass is 281 g/mol. The highest BCUT2D eigenvalue weighted by molar-refractivity contribution is 5.80. The molecule has 0 radical (unpaired) electrons. The minimum Gasteiger partial charge on any atom is -0.481 e. The van der Waals surface area contributed by atoms with E-state index in [4.69, 9.17) is 0 Å². The molecule has 4 rings (SSSR count). The van der Waals surface area contributed by atoms with E-state index in [0.717, 1.165) is 35.7 Å². The Balaban J connectivity index is 1.70. The number of nitrogens with zero attached hydrogens (tertiary/aromatic N) is 1. The molecular weight excluding hydrogens is 262 g/mol. The quantitative estimate of drug-likeness (QED) is 0.934. The smallest absolute Gasteiger partial charge is 0.310 e. The Morgan fingerprint density at radius 3 is 2.95 bits per heavy atom. The van der Waals surface area contributed by atoms with Gasteiger partial charge in [0.1, 0.15) is 0 Å². The molecule has 21 heavy (non-hydrogen) atoms. The Labute approximate surface area is 124 Å². The molecule has 2 aliphatic rings. The lowest BCUT2D eigenvalue weighted by molar-refractivity contribution is -0.152. The molecule has 1 aromatic carbocycles. The number of benzene rings is 1. The number of fused-ring (bicyclic) bond motifs is 3. The van der Waals surface area contributed by atoms with Crippen LogP contribution in [0.1, 0.15) is 31.2 Å². The molecule has 0 aliphatic heterocycles. The van der Waals surface area contributed by atoms with Crippen molar-refractivity contribution in [2.24, 2.45) is 17.3 Å². The number of carbonyl (C=O) groups is 1. The van der Waals surface area contributed by atoms with E-state index >= 15 is 0 Å². The van der Waals surface area contributed by atoms with E-state index < -0.39 is 11.4 Å². The molecule has 2 aromatic rings. The molecule has 3 atom stereocenters. The maximum atomic E-state index is 12.0. The van der Waals surface area contributed by atoms with E-state index in [2.05, 4.69) is 11.1 Å². The molecule has 2 saturated carbocycles. The lowest BCUT2D eigenvalue weighted by Crippen LogP contribution is -2.38. The summed E-state index contributed by atoms with van der Waals surface area (Å²) in [5, 5.41) is 10.9. The van der Waals surface area contributed by atoms with Crippen LogP contribution in [-0.4, -0.2) is 16.1 Å². The third-order valence-electron chi connectivity index (χ3n) is 5.59. The summed E-state index contributed by atoms with van der Waals surface area (Å²) >= 11 is 0. The third kappa shape index (κ3) is 1.95. The molecule has 0 amide bonds. The molecule has 3 nitrogen and oxygen atoms in total. The largest absolute Gasteiger partial charge is 0.481 e. The molecule has 0 saturated heterocycles. The van der Waals surface area contributed by atoms with Crippen molar-refractivity contribution in [3.05, 3.63) is 42.1 Å². The lowest BCUT2D eigenvalue weighted by Gasteiger charge is -2.33. The van der Waals surface area contributed by atoms with Crippen LogP contribution < -0.4 is 0 Å². The Kier molecular flexibility index (Phi) is 2.78. The highest BCUT2D eigenvalue weighted by atomic mass is 16.4. The Morgan fingerprint density at radius 1 is 1.33 bits per heavy atom. The van der Waals surface area contributed by atoms with Gasteiger partial charge in [-0.2, -0.15) is 0 Å². The number of pyridine rings is 1. The normalized spacial score (nSPS) is 30.9.